The summed E-state index contributed by atoms with van der Waals surface area (Å²) >= 11 is 0. The minimum atomic E-state index is -0.186. The summed E-state index contributed by atoms with van der Waals surface area (Å²) < 4.78 is 23.1. The van der Waals surface area contributed by atoms with Crippen LogP contribution in [0.1, 0.15) is 31.3 Å². The number of hydrogen-bond acceptors (Lipinski definition) is 18. The Morgan fingerprint density at radius 2 is 0.889 bits per heavy atom. The predicted octanol–water partition coefficient (Wildman–Crippen LogP) is 12.8. The molecule has 0 saturated carbocycles. The number of aromatic nitrogens is 12. The summed E-state index contributed by atoms with van der Waals surface area (Å²) in [5, 5.41) is 16.6. The zero-order chi connectivity index (χ0) is 68.4. The van der Waals surface area contributed by atoms with Crippen LogP contribution in [0, 0.1) is 0 Å². The zero-order valence-corrected chi connectivity index (χ0v) is 53.6. The van der Waals surface area contributed by atoms with E-state index in [2.05, 4.69) is 49.6 Å². The molecular formula is C75H66N18O6. The van der Waals surface area contributed by atoms with Crippen LogP contribution in [0.25, 0.3) is 72.6 Å². The van der Waals surface area contributed by atoms with Gasteiger partial charge in [-0.3, -0.25) is 14.4 Å². The summed E-state index contributed by atoms with van der Waals surface area (Å²) in [6.45, 7) is 12.8. The number of fused-ring (bicyclic) bond motifs is 3. The minimum Gasteiger partial charge on any atom is -0.457 e. The Bertz CT molecular complexity index is 5060. The third-order valence-electron chi connectivity index (χ3n) is 16.5. The number of benzene rings is 6. The number of ether oxygens (including phenoxy) is 3. The van der Waals surface area contributed by atoms with E-state index in [1.165, 1.54) is 37.2 Å². The van der Waals surface area contributed by atoms with E-state index < -0.39 is 0 Å². The molecule has 0 unspecified atom stereocenters. The highest BCUT2D eigenvalue weighted by atomic mass is 16.5. The number of anilines is 3. The third-order valence-corrected chi connectivity index (χ3v) is 16.5. The molecular weight excluding hydrogens is 1250 g/mol. The van der Waals surface area contributed by atoms with Gasteiger partial charge in [-0.2, -0.15) is 15.3 Å². The molecule has 9 heterocycles. The van der Waals surface area contributed by atoms with Crippen molar-refractivity contribution in [2.24, 2.45) is 0 Å². The van der Waals surface area contributed by atoms with E-state index in [0.29, 0.717) is 117 Å². The number of nitrogens with zero attached hydrogens (tertiary/aromatic N) is 15. The molecule has 0 spiro atoms. The number of para-hydroxylation sites is 3. The number of carbonyl (C=O) groups excluding carboxylic acids is 3. The van der Waals surface area contributed by atoms with Gasteiger partial charge in [-0.05, 0) is 147 Å². The van der Waals surface area contributed by atoms with Crippen molar-refractivity contribution in [2.45, 2.75) is 31.3 Å². The Kier molecular flexibility index (Phi) is 18.9. The van der Waals surface area contributed by atoms with Crippen LogP contribution in [0.3, 0.4) is 0 Å². The Morgan fingerprint density at radius 1 is 0.465 bits per heavy atom. The molecule has 0 saturated heterocycles. The number of hydrogen-bond donors (Lipinski definition) is 3. The van der Waals surface area contributed by atoms with Crippen LogP contribution in [0.2, 0.25) is 0 Å². The Balaban J connectivity index is 0.000000133. The smallest absolute Gasteiger partial charge is 0.249 e. The summed E-state index contributed by atoms with van der Waals surface area (Å²) in [6.07, 6.45) is 20.0. The molecule has 3 aliphatic heterocycles. The lowest BCUT2D eigenvalue weighted by Gasteiger charge is -2.28. The lowest BCUT2D eigenvalue weighted by molar-refractivity contribution is -0.126. The molecule has 6 aromatic carbocycles. The van der Waals surface area contributed by atoms with Crippen LogP contribution in [0.4, 0.5) is 17.5 Å². The first kappa shape index (κ1) is 64.3. The van der Waals surface area contributed by atoms with Crippen molar-refractivity contribution in [2.75, 3.05) is 43.4 Å². The summed E-state index contributed by atoms with van der Waals surface area (Å²) in [6, 6.07) is 51.4. The van der Waals surface area contributed by atoms with Gasteiger partial charge in [-0.15, -0.1) is 0 Å². The second kappa shape index (κ2) is 29.1. The molecule has 99 heavy (non-hydrogen) atoms. The van der Waals surface area contributed by atoms with Gasteiger partial charge in [0.2, 0.25) is 17.7 Å². The summed E-state index contributed by atoms with van der Waals surface area (Å²) in [5.74, 6) is 5.07. The normalized spacial score (nSPS) is 14.9. The van der Waals surface area contributed by atoms with E-state index >= 15 is 0 Å². The first-order valence-corrected chi connectivity index (χ1v) is 31.7. The van der Waals surface area contributed by atoms with E-state index in [9.17, 15) is 14.4 Å². The largest absolute Gasteiger partial charge is 0.457 e. The molecule has 24 heteroatoms. The quantitative estimate of drug-likeness (QED) is 0.0634. The Hall–Kier alpha value is -13.4. The Morgan fingerprint density at radius 3 is 1.37 bits per heavy atom. The van der Waals surface area contributed by atoms with Crippen molar-refractivity contribution in [3.8, 4) is 68.3 Å². The zero-order valence-electron chi connectivity index (χ0n) is 53.6. The molecule has 3 aliphatic rings. The standard InChI is InChI=1S/3C25H22N6O2/c3*1-2-21(32)30-14-6-7-18(15-30)31-25-22(24(26)27-16-28-25)23(29-31)17-10-12-20(13-11-17)33-19-8-4-3-5-9-19/h2-5,8-13,15-16H,1,6-7,14H2,(H2,26,27,28);2-6,8-14,16,18H,1,7,15H2,(H2,26,27,28);2-13,16,18H,1,14-15H2,(H2,26,27,28)/t;2*18-/m.11/s1. The molecule has 12 aromatic rings. The van der Waals surface area contributed by atoms with Gasteiger partial charge in [-0.25, -0.2) is 43.9 Å². The van der Waals surface area contributed by atoms with Crippen molar-refractivity contribution in [3.05, 3.63) is 251 Å². The van der Waals surface area contributed by atoms with Gasteiger partial charge in [-0.1, -0.05) is 92.6 Å². The number of amides is 3. The SMILES string of the molecule is C=CC(=O)N1C=C(n2nc(-c3ccc(Oc4ccccc4)cc3)c3c(N)ncnc32)CCC1.C=CC(=O)N1C=CC[C@@H](n2nc(-c3ccc(Oc4ccccc4)cc3)c3c(N)ncnc32)C1.C=CC(=O)N1CC=C[C@@H](n2nc(-c3ccc(Oc4ccccc4)cc3)c3c(N)ncnc32)C1. The topological polar surface area (TPSA) is 297 Å². The van der Waals surface area contributed by atoms with Crippen molar-refractivity contribution >= 4 is 74.0 Å². The first-order valence-electron chi connectivity index (χ1n) is 31.7. The minimum absolute atomic E-state index is 0.0925. The fourth-order valence-corrected chi connectivity index (χ4v) is 11.7. The molecule has 3 amide bonds. The maximum absolute atomic E-state index is 12.1. The third kappa shape index (κ3) is 14.1. The maximum Gasteiger partial charge on any atom is 0.249 e. The second-order valence-corrected chi connectivity index (χ2v) is 22.9. The lowest BCUT2D eigenvalue weighted by atomic mass is 10.1. The van der Waals surface area contributed by atoms with Gasteiger partial charge in [0.25, 0.3) is 0 Å². The molecule has 6 aromatic heterocycles. The van der Waals surface area contributed by atoms with E-state index in [0.717, 1.165) is 52.5 Å². The van der Waals surface area contributed by atoms with Crippen LogP contribution in [-0.4, -0.2) is 118 Å². The monoisotopic (exact) mass is 1310 g/mol. The van der Waals surface area contributed by atoms with Gasteiger partial charge < -0.3 is 46.1 Å². The fraction of sp³-hybridized carbons (Fsp3) is 0.120. The summed E-state index contributed by atoms with van der Waals surface area (Å²) in [5.41, 5.74) is 26.0. The highest BCUT2D eigenvalue weighted by molar-refractivity contribution is 6.01. The first-order chi connectivity index (χ1) is 48.4. The molecule has 15 rings (SSSR count). The molecule has 0 radical (unpaired) electrons. The van der Waals surface area contributed by atoms with Gasteiger partial charge in [0.1, 0.15) is 88.0 Å². The van der Waals surface area contributed by atoms with Crippen LogP contribution in [-0.2, 0) is 14.4 Å². The lowest BCUT2D eigenvalue weighted by Crippen LogP contribution is -2.37. The second-order valence-electron chi connectivity index (χ2n) is 22.9. The number of nitrogens with two attached hydrogens (primary N) is 3. The molecule has 0 bridgehead atoms. The molecule has 0 fully saturated rings. The van der Waals surface area contributed by atoms with Crippen molar-refractivity contribution in [1.29, 1.82) is 0 Å². The number of nitrogen functional groups attached to an aromatic ring is 3. The predicted molar refractivity (Wildman–Crippen MR) is 380 cm³/mol. The van der Waals surface area contributed by atoms with Crippen LogP contribution in [0.15, 0.2) is 251 Å². The van der Waals surface area contributed by atoms with Gasteiger partial charge in [0, 0.05) is 55.3 Å². The van der Waals surface area contributed by atoms with Gasteiger partial charge in [0.05, 0.1) is 33.9 Å². The van der Waals surface area contributed by atoms with Crippen molar-refractivity contribution < 1.29 is 28.6 Å². The highest BCUT2D eigenvalue weighted by Gasteiger charge is 2.29. The summed E-state index contributed by atoms with van der Waals surface area (Å²) in [4.78, 5) is 67.2. The van der Waals surface area contributed by atoms with Gasteiger partial charge >= 0.3 is 0 Å². The molecule has 24 nitrogen and oxygen atoms in total. The van der Waals surface area contributed by atoms with E-state index in [-0.39, 0.29) is 29.8 Å². The number of rotatable bonds is 15. The summed E-state index contributed by atoms with van der Waals surface area (Å²) in [7, 11) is 0. The van der Waals surface area contributed by atoms with E-state index in [1.807, 2.05) is 187 Å². The molecule has 0 aliphatic carbocycles. The van der Waals surface area contributed by atoms with E-state index in [1.54, 1.807) is 36.5 Å². The van der Waals surface area contributed by atoms with Gasteiger partial charge in [0.15, 0.2) is 16.9 Å². The van der Waals surface area contributed by atoms with Crippen molar-refractivity contribution in [3.63, 3.8) is 0 Å². The average Bonchev–Trinajstić information content (AvgIpc) is 1.63. The molecule has 2 atom stereocenters. The number of carbonyl (C=O) groups is 3. The molecule has 6 N–H and O–H groups in total. The maximum atomic E-state index is 12.1. The number of allylic oxidation sites excluding steroid dienone is 2. The van der Waals surface area contributed by atoms with Crippen LogP contribution in [0.5, 0.6) is 34.5 Å². The van der Waals surface area contributed by atoms with Crippen molar-refractivity contribution in [1.82, 2.24) is 73.9 Å². The average molecular weight is 1320 g/mol. The molecule has 492 valence electrons. The van der Waals surface area contributed by atoms with Crippen LogP contribution < -0.4 is 31.4 Å². The highest BCUT2D eigenvalue weighted by Crippen LogP contribution is 2.39. The van der Waals surface area contributed by atoms with E-state index in [4.69, 9.17) is 46.7 Å². The fourth-order valence-electron chi connectivity index (χ4n) is 11.7. The van der Waals surface area contributed by atoms with Crippen LogP contribution >= 0.6 is 0 Å². The Labute approximate surface area is 568 Å².